The fraction of sp³-hybridized carbons (Fsp3) is 0.0952. The Kier molecular flexibility index (Phi) is 4.63. The summed E-state index contributed by atoms with van der Waals surface area (Å²) in [5.41, 5.74) is 9.47. The van der Waals surface area contributed by atoms with Crippen molar-refractivity contribution in [1.29, 1.82) is 0 Å². The zero-order valence-corrected chi connectivity index (χ0v) is 15.3. The molecule has 0 bridgehead atoms. The number of ether oxygens (including phenoxy) is 1. The topological polar surface area (TPSA) is 106 Å². The van der Waals surface area contributed by atoms with Gasteiger partial charge in [-0.1, -0.05) is 24.3 Å². The lowest BCUT2D eigenvalue weighted by atomic mass is 10.0. The lowest BCUT2D eigenvalue weighted by Crippen LogP contribution is -2.15. The van der Waals surface area contributed by atoms with Crippen molar-refractivity contribution in [2.24, 2.45) is 0 Å². The molecule has 1 amide bonds. The van der Waals surface area contributed by atoms with Crippen LogP contribution in [0.2, 0.25) is 0 Å². The molecule has 7 nitrogen and oxygen atoms in total. The molecule has 2 aromatic heterocycles. The van der Waals surface area contributed by atoms with E-state index in [1.165, 1.54) is 0 Å². The van der Waals surface area contributed by atoms with E-state index in [2.05, 4.69) is 20.5 Å². The van der Waals surface area contributed by atoms with Gasteiger partial charge in [-0.15, -0.1) is 0 Å². The molecule has 4 rings (SSSR count). The molecule has 0 radical (unpaired) electrons. The molecule has 0 atom stereocenters. The second-order valence-electron chi connectivity index (χ2n) is 6.34. The maximum absolute atomic E-state index is 12.4. The molecular weight excluding hydrogens is 354 g/mol. The van der Waals surface area contributed by atoms with Crippen LogP contribution in [0.5, 0.6) is 5.75 Å². The molecule has 0 fully saturated rings. The van der Waals surface area contributed by atoms with Crippen molar-refractivity contribution in [3.05, 3.63) is 66.4 Å². The number of fused-ring (bicyclic) bond motifs is 1. The van der Waals surface area contributed by atoms with Crippen LogP contribution in [-0.2, 0) is 11.2 Å². The van der Waals surface area contributed by atoms with E-state index in [-0.39, 0.29) is 12.3 Å². The van der Waals surface area contributed by atoms with E-state index in [9.17, 15) is 4.79 Å². The summed E-state index contributed by atoms with van der Waals surface area (Å²) in [7, 11) is 1.59. The van der Waals surface area contributed by atoms with Crippen molar-refractivity contribution in [2.45, 2.75) is 6.42 Å². The van der Waals surface area contributed by atoms with Crippen LogP contribution in [0.3, 0.4) is 0 Å². The molecule has 2 aromatic carbocycles. The van der Waals surface area contributed by atoms with Crippen LogP contribution in [-0.4, -0.2) is 28.2 Å². The summed E-state index contributed by atoms with van der Waals surface area (Å²) >= 11 is 0. The molecule has 2 heterocycles. The molecule has 0 aliphatic carbocycles. The number of nitrogen functional groups attached to an aromatic ring is 1. The normalized spacial score (nSPS) is 10.8. The largest absolute Gasteiger partial charge is 0.496 e. The van der Waals surface area contributed by atoms with E-state index in [0.29, 0.717) is 17.4 Å². The van der Waals surface area contributed by atoms with Gasteiger partial charge in [0.2, 0.25) is 5.91 Å². The SMILES string of the molecule is COc1ccccc1CC(=O)Nc1cc(-c2ccc3[nH]nc(N)c3c2)ccn1. The monoisotopic (exact) mass is 373 g/mol. The Hall–Kier alpha value is -3.87. The summed E-state index contributed by atoms with van der Waals surface area (Å²) in [6.45, 7) is 0. The maximum Gasteiger partial charge on any atom is 0.230 e. The second-order valence-corrected chi connectivity index (χ2v) is 6.34. The fourth-order valence-corrected chi connectivity index (χ4v) is 3.10. The molecule has 28 heavy (non-hydrogen) atoms. The average molecular weight is 373 g/mol. The molecule has 7 heteroatoms. The van der Waals surface area contributed by atoms with Gasteiger partial charge in [-0.05, 0) is 41.5 Å². The number of nitrogens with zero attached hydrogens (tertiary/aromatic N) is 2. The summed E-state index contributed by atoms with van der Waals surface area (Å²) in [6, 6.07) is 17.0. The number of aromatic amines is 1. The fourth-order valence-electron chi connectivity index (χ4n) is 3.10. The lowest BCUT2D eigenvalue weighted by molar-refractivity contribution is -0.115. The van der Waals surface area contributed by atoms with Gasteiger partial charge in [-0.3, -0.25) is 9.89 Å². The minimum absolute atomic E-state index is 0.163. The van der Waals surface area contributed by atoms with Gasteiger partial charge in [0, 0.05) is 17.1 Å². The first-order valence-corrected chi connectivity index (χ1v) is 8.76. The van der Waals surface area contributed by atoms with Gasteiger partial charge in [-0.2, -0.15) is 5.10 Å². The molecule has 0 spiro atoms. The maximum atomic E-state index is 12.4. The standard InChI is InChI=1S/C21H19N5O2/c1-28-18-5-3-2-4-15(18)12-20(27)24-19-11-14(8-9-23-19)13-6-7-17-16(10-13)21(22)26-25-17/h2-11H,12H2,1H3,(H3,22,25,26)(H,23,24,27). The van der Waals surface area contributed by atoms with Crippen LogP contribution >= 0.6 is 0 Å². The van der Waals surface area contributed by atoms with Crippen LogP contribution in [0.4, 0.5) is 11.6 Å². The molecule has 140 valence electrons. The lowest BCUT2D eigenvalue weighted by Gasteiger charge is -2.09. The first-order valence-electron chi connectivity index (χ1n) is 8.76. The molecule has 0 aliphatic rings. The Morgan fingerprint density at radius 1 is 1.14 bits per heavy atom. The molecule has 4 aromatic rings. The minimum Gasteiger partial charge on any atom is -0.496 e. The molecule has 0 saturated carbocycles. The van der Waals surface area contributed by atoms with Crippen LogP contribution in [0.25, 0.3) is 22.0 Å². The van der Waals surface area contributed by atoms with Gasteiger partial charge < -0.3 is 15.8 Å². The quantitative estimate of drug-likeness (QED) is 0.497. The minimum atomic E-state index is -0.163. The molecule has 0 unspecified atom stereocenters. The molecular formula is C21H19N5O2. The zero-order valence-electron chi connectivity index (χ0n) is 15.3. The van der Waals surface area contributed by atoms with Gasteiger partial charge in [0.25, 0.3) is 0 Å². The summed E-state index contributed by atoms with van der Waals surface area (Å²) in [4.78, 5) is 16.7. The number of hydrogen-bond acceptors (Lipinski definition) is 5. The smallest absolute Gasteiger partial charge is 0.230 e. The highest BCUT2D eigenvalue weighted by Crippen LogP contribution is 2.27. The molecule has 0 aliphatic heterocycles. The van der Waals surface area contributed by atoms with Crippen molar-refractivity contribution < 1.29 is 9.53 Å². The van der Waals surface area contributed by atoms with Crippen LogP contribution in [0.1, 0.15) is 5.56 Å². The highest BCUT2D eigenvalue weighted by Gasteiger charge is 2.10. The van der Waals surface area contributed by atoms with Crippen molar-refractivity contribution in [3.63, 3.8) is 0 Å². The Labute approximate surface area is 161 Å². The Bertz CT molecular complexity index is 1150. The third-order valence-corrected chi connectivity index (χ3v) is 4.50. The van der Waals surface area contributed by atoms with E-state index in [1.54, 1.807) is 13.3 Å². The number of carbonyl (C=O) groups excluding carboxylic acids is 1. The number of rotatable bonds is 5. The van der Waals surface area contributed by atoms with Crippen LogP contribution in [0, 0.1) is 0 Å². The van der Waals surface area contributed by atoms with Crippen molar-refractivity contribution in [2.75, 3.05) is 18.2 Å². The zero-order chi connectivity index (χ0) is 19.5. The average Bonchev–Trinajstić information content (AvgIpc) is 3.09. The third-order valence-electron chi connectivity index (χ3n) is 4.50. The van der Waals surface area contributed by atoms with E-state index < -0.39 is 0 Å². The summed E-state index contributed by atoms with van der Waals surface area (Å²) < 4.78 is 5.30. The predicted octanol–water partition coefficient (Wildman–Crippen LogP) is 3.40. The van der Waals surface area contributed by atoms with E-state index in [4.69, 9.17) is 10.5 Å². The van der Waals surface area contributed by atoms with Crippen molar-refractivity contribution in [3.8, 4) is 16.9 Å². The number of aromatic nitrogens is 3. The molecule has 0 saturated heterocycles. The van der Waals surface area contributed by atoms with E-state index >= 15 is 0 Å². The number of amides is 1. The van der Waals surface area contributed by atoms with Gasteiger partial charge in [-0.25, -0.2) is 4.98 Å². The molecule has 4 N–H and O–H groups in total. The van der Waals surface area contributed by atoms with Gasteiger partial charge in [0.05, 0.1) is 19.0 Å². The number of para-hydroxylation sites is 1. The van der Waals surface area contributed by atoms with Crippen molar-refractivity contribution in [1.82, 2.24) is 15.2 Å². The predicted molar refractivity (Wildman–Crippen MR) is 109 cm³/mol. The Morgan fingerprint density at radius 2 is 1.96 bits per heavy atom. The van der Waals surface area contributed by atoms with Gasteiger partial charge in [0.1, 0.15) is 11.6 Å². The highest BCUT2D eigenvalue weighted by molar-refractivity contribution is 5.94. The van der Waals surface area contributed by atoms with Gasteiger partial charge >= 0.3 is 0 Å². The van der Waals surface area contributed by atoms with Gasteiger partial charge in [0.15, 0.2) is 5.82 Å². The Morgan fingerprint density at radius 3 is 2.82 bits per heavy atom. The summed E-state index contributed by atoms with van der Waals surface area (Å²) in [5.74, 6) is 1.46. The second kappa shape index (κ2) is 7.40. The number of nitrogens with one attached hydrogen (secondary N) is 2. The van der Waals surface area contributed by atoms with E-state index in [0.717, 1.165) is 27.6 Å². The number of hydrogen-bond donors (Lipinski definition) is 3. The summed E-state index contributed by atoms with van der Waals surface area (Å²) in [6.07, 6.45) is 1.87. The number of H-pyrrole nitrogens is 1. The number of methoxy groups -OCH3 is 1. The van der Waals surface area contributed by atoms with Crippen molar-refractivity contribution >= 4 is 28.4 Å². The van der Waals surface area contributed by atoms with E-state index in [1.807, 2.05) is 54.6 Å². The number of benzene rings is 2. The first kappa shape index (κ1) is 17.5. The van der Waals surface area contributed by atoms with Crippen LogP contribution in [0.15, 0.2) is 60.8 Å². The number of carbonyl (C=O) groups is 1. The third kappa shape index (κ3) is 3.50. The number of pyridine rings is 1. The Balaban J connectivity index is 1.54. The number of nitrogens with two attached hydrogens (primary N) is 1. The number of anilines is 2. The summed E-state index contributed by atoms with van der Waals surface area (Å²) in [5, 5.41) is 10.6. The highest BCUT2D eigenvalue weighted by atomic mass is 16.5. The van der Waals surface area contributed by atoms with Crippen LogP contribution < -0.4 is 15.8 Å². The first-order chi connectivity index (χ1) is 13.6.